The predicted molar refractivity (Wildman–Crippen MR) is 162 cm³/mol. The van der Waals surface area contributed by atoms with E-state index in [0.29, 0.717) is 18.0 Å². The lowest BCUT2D eigenvalue weighted by molar-refractivity contribution is -0.164. The number of esters is 1. The molecule has 3 saturated heterocycles. The first-order chi connectivity index (χ1) is 21.1. The summed E-state index contributed by atoms with van der Waals surface area (Å²) >= 11 is 1.33. The Hall–Kier alpha value is -3.56. The molecular formula is C29H42N6O8S. The third kappa shape index (κ3) is 7.05. The highest BCUT2D eigenvalue weighted by Gasteiger charge is 2.60. The molecular weight excluding hydrogens is 592 g/mol. The molecule has 3 fully saturated rings. The summed E-state index contributed by atoms with van der Waals surface area (Å²) in [4.78, 5) is 69.8. The van der Waals surface area contributed by atoms with Gasteiger partial charge in [-0.15, -0.1) is 11.8 Å². The fraction of sp³-hybridized carbons (Fsp3) is 0.621. The van der Waals surface area contributed by atoms with Crippen LogP contribution in [0.15, 0.2) is 35.9 Å². The Balaban J connectivity index is 1.45. The standard InChI is InChI=1S/C29H42N6O8S/c1-5-13-42-27(39)23-24(17(3)22-21(18(4)36)26(38)35(22)23)44-19-15-20(34(16-19)29(41)43-14-6-2)25(37)31-7-8-32-28(40)33-11-9-30-10-12-33/h5-6,17-22,30,36H,1-2,7-16H2,3-4H3,(H,31,37)(H,32,40)/t17-,18-,19+,20+,21?,22?/m1/s1. The molecule has 14 nitrogen and oxygen atoms in total. The molecule has 2 unspecified atom stereocenters. The summed E-state index contributed by atoms with van der Waals surface area (Å²) < 4.78 is 10.6. The first-order valence-corrected chi connectivity index (χ1v) is 15.7. The molecule has 242 valence electrons. The van der Waals surface area contributed by atoms with Crippen molar-refractivity contribution in [1.29, 1.82) is 0 Å². The fourth-order valence-electron chi connectivity index (χ4n) is 6.05. The lowest BCUT2D eigenvalue weighted by atomic mass is 9.79. The van der Waals surface area contributed by atoms with Crippen LogP contribution in [0.5, 0.6) is 0 Å². The molecule has 0 bridgehead atoms. The Kier molecular flexibility index (Phi) is 11.3. The fourth-order valence-corrected chi connectivity index (χ4v) is 7.57. The van der Waals surface area contributed by atoms with Crippen LogP contribution in [0.25, 0.3) is 0 Å². The molecule has 0 radical (unpaired) electrons. The molecule has 15 heteroatoms. The van der Waals surface area contributed by atoms with E-state index in [-0.39, 0.29) is 68.1 Å². The zero-order valence-corrected chi connectivity index (χ0v) is 26.0. The Bertz CT molecular complexity index is 1190. The molecule has 4 aliphatic rings. The number of likely N-dealkylation sites (tertiary alicyclic amines) is 1. The second-order valence-electron chi connectivity index (χ2n) is 11.1. The molecule has 0 aromatic heterocycles. The molecule has 0 spiro atoms. The third-order valence-corrected chi connectivity index (χ3v) is 9.65. The van der Waals surface area contributed by atoms with Gasteiger partial charge in [-0.25, -0.2) is 14.4 Å². The minimum absolute atomic E-state index is 0.0273. The number of fused-ring (bicyclic) bond motifs is 1. The minimum Gasteiger partial charge on any atom is -0.457 e. The molecule has 0 aromatic rings. The van der Waals surface area contributed by atoms with Gasteiger partial charge >= 0.3 is 18.1 Å². The van der Waals surface area contributed by atoms with Gasteiger partial charge < -0.3 is 40.3 Å². The van der Waals surface area contributed by atoms with Crippen LogP contribution >= 0.6 is 11.8 Å². The summed E-state index contributed by atoms with van der Waals surface area (Å²) in [5, 5.41) is 18.7. The average molecular weight is 635 g/mol. The maximum atomic E-state index is 13.3. The van der Waals surface area contributed by atoms with E-state index in [1.165, 1.54) is 33.7 Å². The number of carbonyl (C=O) groups excluding carboxylic acids is 5. The molecule has 0 aromatic carbocycles. The van der Waals surface area contributed by atoms with E-state index in [1.54, 1.807) is 11.8 Å². The van der Waals surface area contributed by atoms with Gasteiger partial charge in [-0.1, -0.05) is 32.2 Å². The molecule has 4 N–H and O–H groups in total. The van der Waals surface area contributed by atoms with Crippen molar-refractivity contribution in [2.45, 2.75) is 43.7 Å². The summed E-state index contributed by atoms with van der Waals surface area (Å²) in [5.41, 5.74) is 0.130. The zero-order chi connectivity index (χ0) is 32.0. The lowest BCUT2D eigenvalue weighted by Gasteiger charge is -2.46. The van der Waals surface area contributed by atoms with Crippen molar-refractivity contribution in [2.75, 3.05) is 59.0 Å². The van der Waals surface area contributed by atoms with Gasteiger partial charge in [0, 0.05) is 61.9 Å². The summed E-state index contributed by atoms with van der Waals surface area (Å²) in [6.07, 6.45) is 1.56. The Morgan fingerprint density at radius 2 is 1.77 bits per heavy atom. The first-order valence-electron chi connectivity index (χ1n) is 14.9. The van der Waals surface area contributed by atoms with Crippen LogP contribution in [0, 0.1) is 11.8 Å². The Morgan fingerprint density at radius 1 is 1.11 bits per heavy atom. The van der Waals surface area contributed by atoms with Gasteiger partial charge in [0.25, 0.3) is 0 Å². The van der Waals surface area contributed by atoms with E-state index < -0.39 is 42.1 Å². The summed E-state index contributed by atoms with van der Waals surface area (Å²) in [5.74, 6) is -2.34. The molecule has 0 saturated carbocycles. The molecule has 4 rings (SSSR count). The smallest absolute Gasteiger partial charge is 0.410 e. The molecule has 5 amide bonds. The van der Waals surface area contributed by atoms with Crippen molar-refractivity contribution < 1.29 is 38.6 Å². The second kappa shape index (κ2) is 14.9. The maximum Gasteiger partial charge on any atom is 0.410 e. The topological polar surface area (TPSA) is 170 Å². The van der Waals surface area contributed by atoms with Gasteiger partial charge in [0.15, 0.2) is 0 Å². The summed E-state index contributed by atoms with van der Waals surface area (Å²) in [7, 11) is 0. The van der Waals surface area contributed by atoms with E-state index >= 15 is 0 Å². The molecule has 44 heavy (non-hydrogen) atoms. The lowest BCUT2D eigenvalue weighted by Crippen LogP contribution is -2.63. The number of ether oxygens (including phenoxy) is 2. The number of thioether (sulfide) groups is 1. The van der Waals surface area contributed by atoms with Gasteiger partial charge in [0.05, 0.1) is 18.1 Å². The molecule has 4 aliphatic heterocycles. The van der Waals surface area contributed by atoms with E-state index in [4.69, 9.17) is 9.47 Å². The van der Waals surface area contributed by atoms with Crippen molar-refractivity contribution in [3.8, 4) is 0 Å². The number of piperazine rings is 1. The highest BCUT2D eigenvalue weighted by atomic mass is 32.2. The van der Waals surface area contributed by atoms with Gasteiger partial charge in [-0.05, 0) is 13.3 Å². The highest BCUT2D eigenvalue weighted by Crippen LogP contribution is 2.52. The van der Waals surface area contributed by atoms with Crippen molar-refractivity contribution in [1.82, 2.24) is 30.7 Å². The van der Waals surface area contributed by atoms with Crippen LogP contribution in [-0.2, 0) is 23.9 Å². The van der Waals surface area contributed by atoms with E-state index in [1.807, 2.05) is 6.92 Å². The number of amides is 5. The van der Waals surface area contributed by atoms with Gasteiger partial charge in [0.1, 0.15) is 25.0 Å². The molecule has 0 aliphatic carbocycles. The maximum absolute atomic E-state index is 13.3. The second-order valence-corrected chi connectivity index (χ2v) is 12.5. The van der Waals surface area contributed by atoms with Crippen LogP contribution in [0.1, 0.15) is 20.3 Å². The largest absolute Gasteiger partial charge is 0.457 e. The zero-order valence-electron chi connectivity index (χ0n) is 25.2. The predicted octanol–water partition coefficient (Wildman–Crippen LogP) is 0.0144. The number of hydrogen-bond acceptors (Lipinski definition) is 10. The number of nitrogens with zero attached hydrogens (tertiary/aromatic N) is 3. The van der Waals surface area contributed by atoms with Crippen LogP contribution < -0.4 is 16.0 Å². The normalized spacial score (nSPS) is 26.8. The number of nitrogens with one attached hydrogen (secondary N) is 3. The van der Waals surface area contributed by atoms with Crippen molar-refractivity contribution in [2.24, 2.45) is 11.8 Å². The number of carbonyl (C=O) groups is 5. The minimum atomic E-state index is -0.891. The van der Waals surface area contributed by atoms with Crippen LogP contribution in [-0.4, -0.2) is 132 Å². The number of urea groups is 1. The monoisotopic (exact) mass is 634 g/mol. The van der Waals surface area contributed by atoms with E-state index in [9.17, 15) is 29.1 Å². The Labute approximate surface area is 261 Å². The average Bonchev–Trinajstić information content (AvgIpc) is 3.54. The number of β-lactam (4-membered cyclic amide) rings is 1. The SMILES string of the molecule is C=CCOC(=O)C1=C(S[C@H]2C[C@@H](C(=O)NCCNC(=O)N3CCNCC3)N(C(=O)OCC=C)C2)[C@H](C)C2C([C@@H](C)O)C(=O)N12. The number of aliphatic hydroxyl groups excluding tert-OH is 1. The van der Waals surface area contributed by atoms with Gasteiger partial charge in [0.2, 0.25) is 11.8 Å². The number of hydrogen-bond donors (Lipinski definition) is 4. The van der Waals surface area contributed by atoms with E-state index in [0.717, 1.165) is 13.1 Å². The van der Waals surface area contributed by atoms with E-state index in [2.05, 4.69) is 29.1 Å². The van der Waals surface area contributed by atoms with Crippen LogP contribution in [0.3, 0.4) is 0 Å². The molecule has 4 heterocycles. The molecule has 6 atom stereocenters. The van der Waals surface area contributed by atoms with Gasteiger partial charge in [-0.3, -0.25) is 14.5 Å². The first kappa shape index (κ1) is 33.3. The third-order valence-electron chi connectivity index (χ3n) is 8.16. The Morgan fingerprint density at radius 3 is 2.43 bits per heavy atom. The highest BCUT2D eigenvalue weighted by molar-refractivity contribution is 8.03. The quantitative estimate of drug-likeness (QED) is 0.0993. The van der Waals surface area contributed by atoms with Crippen LogP contribution in [0.2, 0.25) is 0 Å². The number of aliphatic hydroxyl groups is 1. The number of rotatable bonds is 12. The van der Waals surface area contributed by atoms with Gasteiger partial charge in [-0.2, -0.15) is 0 Å². The van der Waals surface area contributed by atoms with Crippen molar-refractivity contribution in [3.05, 3.63) is 35.9 Å². The summed E-state index contributed by atoms with van der Waals surface area (Å²) in [6, 6.07) is -1.46. The van der Waals surface area contributed by atoms with Crippen molar-refractivity contribution in [3.63, 3.8) is 0 Å². The van der Waals surface area contributed by atoms with Crippen molar-refractivity contribution >= 4 is 41.7 Å². The summed E-state index contributed by atoms with van der Waals surface area (Å²) in [6.45, 7) is 13.7. The van der Waals surface area contributed by atoms with Crippen LogP contribution in [0.4, 0.5) is 9.59 Å².